The summed E-state index contributed by atoms with van der Waals surface area (Å²) in [5, 5.41) is 2.85. The summed E-state index contributed by atoms with van der Waals surface area (Å²) in [6.45, 7) is 2.69. The maximum absolute atomic E-state index is 12.4. The molecule has 1 amide bonds. The van der Waals surface area contributed by atoms with E-state index in [1.807, 2.05) is 17.7 Å². The zero-order chi connectivity index (χ0) is 15.4. The van der Waals surface area contributed by atoms with Gasteiger partial charge in [-0.05, 0) is 41.1 Å². The minimum atomic E-state index is -0.200. The van der Waals surface area contributed by atoms with E-state index in [2.05, 4.69) is 21.2 Å². The van der Waals surface area contributed by atoms with Crippen LogP contribution in [0.2, 0.25) is 0 Å². The summed E-state index contributed by atoms with van der Waals surface area (Å²) in [4.78, 5) is 12.4. The molecule has 0 aliphatic heterocycles. The van der Waals surface area contributed by atoms with Gasteiger partial charge in [-0.15, -0.1) is 0 Å². The molecule has 2 rings (SSSR count). The molecule has 1 aromatic heterocycles. The van der Waals surface area contributed by atoms with Gasteiger partial charge in [-0.2, -0.15) is 0 Å². The molecule has 21 heavy (non-hydrogen) atoms. The molecule has 1 N–H and O–H groups in total. The van der Waals surface area contributed by atoms with Crippen LogP contribution in [0.4, 0.5) is 5.69 Å². The summed E-state index contributed by atoms with van der Waals surface area (Å²) in [6.07, 6.45) is 1.87. The molecule has 2 aromatic rings. The lowest BCUT2D eigenvalue weighted by Gasteiger charge is -2.12. The first-order valence-electron chi connectivity index (χ1n) is 6.48. The quantitative estimate of drug-likeness (QED) is 0.895. The van der Waals surface area contributed by atoms with Gasteiger partial charge in [0.2, 0.25) is 0 Å². The van der Waals surface area contributed by atoms with Crippen LogP contribution in [0.15, 0.2) is 34.9 Å². The topological polar surface area (TPSA) is 52.5 Å². The van der Waals surface area contributed by atoms with E-state index in [0.717, 1.165) is 4.47 Å². The zero-order valence-electron chi connectivity index (χ0n) is 12.1. The number of carbonyl (C=O) groups is 1. The molecule has 0 aliphatic carbocycles. The first-order chi connectivity index (χ1) is 10.1. The van der Waals surface area contributed by atoms with Gasteiger partial charge >= 0.3 is 0 Å². The van der Waals surface area contributed by atoms with Crippen LogP contribution in [0.25, 0.3) is 0 Å². The number of rotatable bonds is 5. The molecule has 1 aromatic carbocycles. The van der Waals surface area contributed by atoms with Crippen molar-refractivity contribution in [3.8, 4) is 11.5 Å². The van der Waals surface area contributed by atoms with Crippen molar-refractivity contribution in [1.82, 2.24) is 4.57 Å². The van der Waals surface area contributed by atoms with E-state index in [1.165, 1.54) is 0 Å². The monoisotopic (exact) mass is 352 g/mol. The minimum Gasteiger partial charge on any atom is -0.497 e. The smallest absolute Gasteiger partial charge is 0.272 e. The molecule has 0 bridgehead atoms. The lowest BCUT2D eigenvalue weighted by molar-refractivity contribution is 0.101. The van der Waals surface area contributed by atoms with E-state index in [1.54, 1.807) is 38.5 Å². The van der Waals surface area contributed by atoms with Crippen molar-refractivity contribution >= 4 is 27.5 Å². The number of carbonyl (C=O) groups excluding carboxylic acids is 1. The number of nitrogens with zero attached hydrogens (tertiary/aromatic N) is 1. The highest BCUT2D eigenvalue weighted by Crippen LogP contribution is 2.29. The van der Waals surface area contributed by atoms with Crippen LogP contribution in [-0.2, 0) is 6.54 Å². The summed E-state index contributed by atoms with van der Waals surface area (Å²) in [6, 6.07) is 7.04. The number of methoxy groups -OCH3 is 2. The van der Waals surface area contributed by atoms with Crippen molar-refractivity contribution in [2.75, 3.05) is 19.5 Å². The van der Waals surface area contributed by atoms with E-state index in [-0.39, 0.29) is 5.91 Å². The van der Waals surface area contributed by atoms with E-state index in [9.17, 15) is 4.79 Å². The lowest BCUT2D eigenvalue weighted by atomic mass is 10.2. The number of anilines is 1. The highest BCUT2D eigenvalue weighted by Gasteiger charge is 2.15. The van der Waals surface area contributed by atoms with Crippen molar-refractivity contribution in [2.24, 2.45) is 0 Å². The Balaban J connectivity index is 2.30. The molecule has 1 heterocycles. The van der Waals surface area contributed by atoms with Gasteiger partial charge < -0.3 is 19.4 Å². The number of amides is 1. The van der Waals surface area contributed by atoms with Gasteiger partial charge in [0.25, 0.3) is 5.91 Å². The highest BCUT2D eigenvalue weighted by molar-refractivity contribution is 9.10. The minimum absolute atomic E-state index is 0.200. The molecule has 0 aliphatic rings. The predicted octanol–water partition coefficient (Wildman–Crippen LogP) is 3.54. The largest absolute Gasteiger partial charge is 0.497 e. The maximum Gasteiger partial charge on any atom is 0.272 e. The molecule has 0 saturated carbocycles. The number of benzene rings is 1. The summed E-state index contributed by atoms with van der Waals surface area (Å²) in [5.74, 6) is 1.03. The van der Waals surface area contributed by atoms with Crippen LogP contribution in [0.5, 0.6) is 11.5 Å². The fourth-order valence-corrected chi connectivity index (χ4v) is 2.49. The van der Waals surface area contributed by atoms with Crippen LogP contribution < -0.4 is 14.8 Å². The first kappa shape index (κ1) is 15.4. The molecule has 0 saturated heterocycles. The van der Waals surface area contributed by atoms with E-state index in [0.29, 0.717) is 29.4 Å². The number of aryl methyl sites for hydroxylation is 1. The third-order valence-corrected chi connectivity index (χ3v) is 3.53. The molecule has 5 nitrogen and oxygen atoms in total. The third-order valence-electron chi connectivity index (χ3n) is 3.09. The van der Waals surface area contributed by atoms with Gasteiger partial charge in [0.05, 0.1) is 19.9 Å². The SMILES string of the molecule is CCn1cc(Br)cc1C(=O)Nc1cc(OC)ccc1OC. The van der Waals surface area contributed by atoms with Gasteiger partial charge in [-0.3, -0.25) is 4.79 Å². The average molecular weight is 353 g/mol. The molecule has 0 spiro atoms. The molecule has 0 atom stereocenters. The Morgan fingerprint density at radius 3 is 2.67 bits per heavy atom. The normalized spacial score (nSPS) is 10.3. The second-order valence-corrected chi connectivity index (χ2v) is 5.27. The summed E-state index contributed by atoms with van der Waals surface area (Å²) in [5.41, 5.74) is 1.15. The average Bonchev–Trinajstić information content (AvgIpc) is 2.88. The van der Waals surface area contributed by atoms with Gasteiger partial charge in [0.15, 0.2) is 0 Å². The van der Waals surface area contributed by atoms with Crippen LogP contribution >= 0.6 is 15.9 Å². The van der Waals surface area contributed by atoms with Crippen molar-refractivity contribution in [2.45, 2.75) is 13.5 Å². The molecule has 0 radical (unpaired) electrons. The second-order valence-electron chi connectivity index (χ2n) is 4.35. The maximum atomic E-state index is 12.4. The summed E-state index contributed by atoms with van der Waals surface area (Å²) in [7, 11) is 3.13. The van der Waals surface area contributed by atoms with Crippen molar-refractivity contribution < 1.29 is 14.3 Å². The number of halogens is 1. The number of hydrogen-bond acceptors (Lipinski definition) is 3. The van der Waals surface area contributed by atoms with Gasteiger partial charge in [-0.25, -0.2) is 0 Å². The molecule has 112 valence electrons. The number of ether oxygens (including phenoxy) is 2. The lowest BCUT2D eigenvalue weighted by Crippen LogP contribution is -2.16. The Bertz CT molecular complexity index is 652. The molecular formula is C15H17BrN2O3. The molecule has 6 heteroatoms. The van der Waals surface area contributed by atoms with E-state index < -0.39 is 0 Å². The first-order valence-corrected chi connectivity index (χ1v) is 7.27. The van der Waals surface area contributed by atoms with Gasteiger partial charge in [0, 0.05) is 23.3 Å². The van der Waals surface area contributed by atoms with Crippen LogP contribution in [0.1, 0.15) is 17.4 Å². The second kappa shape index (κ2) is 6.67. The third kappa shape index (κ3) is 3.39. The summed E-state index contributed by atoms with van der Waals surface area (Å²) < 4.78 is 13.2. The Kier molecular flexibility index (Phi) is 4.90. The zero-order valence-corrected chi connectivity index (χ0v) is 13.7. The Morgan fingerprint density at radius 2 is 2.05 bits per heavy atom. The highest BCUT2D eigenvalue weighted by atomic mass is 79.9. The van der Waals surface area contributed by atoms with E-state index >= 15 is 0 Å². The Labute approximate surface area is 132 Å². The number of aromatic nitrogens is 1. The van der Waals surface area contributed by atoms with Gasteiger partial charge in [0.1, 0.15) is 17.2 Å². The van der Waals surface area contributed by atoms with Crippen molar-refractivity contribution in [3.63, 3.8) is 0 Å². The number of nitrogens with one attached hydrogen (secondary N) is 1. The molecule has 0 fully saturated rings. The van der Waals surface area contributed by atoms with Gasteiger partial charge in [-0.1, -0.05) is 0 Å². The molecular weight excluding hydrogens is 336 g/mol. The standard InChI is InChI=1S/C15H17BrN2O3/c1-4-18-9-10(16)7-13(18)15(19)17-12-8-11(20-2)5-6-14(12)21-3/h5-9H,4H2,1-3H3,(H,17,19). The molecule has 0 unspecified atom stereocenters. The predicted molar refractivity (Wildman–Crippen MR) is 85.3 cm³/mol. The number of hydrogen-bond donors (Lipinski definition) is 1. The van der Waals surface area contributed by atoms with Crippen LogP contribution in [-0.4, -0.2) is 24.7 Å². The fourth-order valence-electron chi connectivity index (χ4n) is 2.02. The van der Waals surface area contributed by atoms with Crippen molar-refractivity contribution in [3.05, 3.63) is 40.6 Å². The Hall–Kier alpha value is -1.95. The van der Waals surface area contributed by atoms with Crippen LogP contribution in [0.3, 0.4) is 0 Å². The van der Waals surface area contributed by atoms with E-state index in [4.69, 9.17) is 9.47 Å². The van der Waals surface area contributed by atoms with Crippen molar-refractivity contribution in [1.29, 1.82) is 0 Å². The Morgan fingerprint density at radius 1 is 1.29 bits per heavy atom. The fraction of sp³-hybridized carbons (Fsp3) is 0.267. The summed E-state index contributed by atoms with van der Waals surface area (Å²) >= 11 is 3.38. The van der Waals surface area contributed by atoms with Crippen LogP contribution in [0, 0.1) is 0 Å².